The van der Waals surface area contributed by atoms with E-state index in [1.807, 2.05) is 6.92 Å². The van der Waals surface area contributed by atoms with E-state index >= 15 is 0 Å². The average Bonchev–Trinajstić information content (AvgIpc) is 2.44. The van der Waals surface area contributed by atoms with Gasteiger partial charge in [-0.15, -0.1) is 0 Å². The highest BCUT2D eigenvalue weighted by atomic mass is 32.2. The summed E-state index contributed by atoms with van der Waals surface area (Å²) in [6.07, 6.45) is 0. The van der Waals surface area contributed by atoms with E-state index in [-0.39, 0.29) is 11.3 Å². The Balaban J connectivity index is 2.25. The third-order valence-corrected chi connectivity index (χ3v) is 4.26. The molecular formula is C15H15F2NO2S. The number of ether oxygens (including phenoxy) is 1. The SMILES string of the molecule is CCOc1ccc(N)c(S(=O)Cc2ccc(F)cc2F)c1. The quantitative estimate of drug-likeness (QED) is 0.862. The van der Waals surface area contributed by atoms with Crippen molar-refractivity contribution in [3.05, 3.63) is 53.6 Å². The predicted octanol–water partition coefficient (Wildman–Crippen LogP) is 3.25. The van der Waals surface area contributed by atoms with Gasteiger partial charge in [0.1, 0.15) is 17.4 Å². The summed E-state index contributed by atoms with van der Waals surface area (Å²) in [6, 6.07) is 8.04. The molecular weight excluding hydrogens is 296 g/mol. The molecule has 0 amide bonds. The van der Waals surface area contributed by atoms with Crippen molar-refractivity contribution >= 4 is 16.5 Å². The van der Waals surface area contributed by atoms with Crippen LogP contribution in [-0.4, -0.2) is 10.8 Å². The number of nitrogen functional groups attached to an aromatic ring is 1. The minimum absolute atomic E-state index is 0.0775. The molecule has 1 unspecified atom stereocenters. The van der Waals surface area contributed by atoms with Gasteiger partial charge < -0.3 is 10.5 Å². The normalized spacial score (nSPS) is 12.1. The van der Waals surface area contributed by atoms with Gasteiger partial charge in [0.15, 0.2) is 0 Å². The van der Waals surface area contributed by atoms with Crippen molar-refractivity contribution in [2.45, 2.75) is 17.6 Å². The fraction of sp³-hybridized carbons (Fsp3) is 0.200. The van der Waals surface area contributed by atoms with Crippen molar-refractivity contribution in [1.82, 2.24) is 0 Å². The van der Waals surface area contributed by atoms with Crippen LogP contribution in [0.5, 0.6) is 5.75 Å². The second-order valence-corrected chi connectivity index (χ2v) is 5.78. The minimum Gasteiger partial charge on any atom is -0.494 e. The number of benzene rings is 2. The molecule has 3 nitrogen and oxygen atoms in total. The highest BCUT2D eigenvalue weighted by molar-refractivity contribution is 7.84. The fourth-order valence-corrected chi connectivity index (χ4v) is 3.08. The van der Waals surface area contributed by atoms with E-state index in [0.29, 0.717) is 22.9 Å². The maximum Gasteiger partial charge on any atom is 0.130 e. The summed E-state index contributed by atoms with van der Waals surface area (Å²) >= 11 is 0. The molecule has 0 saturated heterocycles. The Hall–Kier alpha value is -1.95. The Labute approximate surface area is 124 Å². The Bertz CT molecular complexity index is 677. The summed E-state index contributed by atoms with van der Waals surface area (Å²) in [6.45, 7) is 2.31. The Morgan fingerprint density at radius 1 is 1.19 bits per heavy atom. The Morgan fingerprint density at radius 3 is 2.62 bits per heavy atom. The summed E-state index contributed by atoms with van der Waals surface area (Å²) in [5, 5.41) is 0. The Morgan fingerprint density at radius 2 is 1.95 bits per heavy atom. The molecule has 0 spiro atoms. The summed E-state index contributed by atoms with van der Waals surface area (Å²) in [4.78, 5) is 0.379. The third-order valence-electron chi connectivity index (χ3n) is 2.84. The van der Waals surface area contributed by atoms with E-state index in [4.69, 9.17) is 10.5 Å². The zero-order valence-corrected chi connectivity index (χ0v) is 12.3. The number of rotatable bonds is 5. The molecule has 2 aromatic carbocycles. The molecule has 1 atom stereocenters. The lowest BCUT2D eigenvalue weighted by atomic mass is 10.2. The second kappa shape index (κ2) is 6.67. The van der Waals surface area contributed by atoms with E-state index in [1.165, 1.54) is 6.07 Å². The number of anilines is 1. The largest absolute Gasteiger partial charge is 0.494 e. The highest BCUT2D eigenvalue weighted by Crippen LogP contribution is 2.25. The molecule has 0 radical (unpaired) electrons. The van der Waals surface area contributed by atoms with Crippen LogP contribution < -0.4 is 10.5 Å². The van der Waals surface area contributed by atoms with Crippen molar-refractivity contribution in [3.8, 4) is 5.75 Å². The summed E-state index contributed by atoms with van der Waals surface area (Å²) < 4.78 is 44.1. The minimum atomic E-state index is -1.54. The maximum absolute atomic E-state index is 13.6. The van der Waals surface area contributed by atoms with Gasteiger partial charge in [-0.25, -0.2) is 8.78 Å². The molecule has 2 N–H and O–H groups in total. The van der Waals surface area contributed by atoms with Crippen LogP contribution in [0.15, 0.2) is 41.3 Å². The van der Waals surface area contributed by atoms with Gasteiger partial charge in [0.25, 0.3) is 0 Å². The first kappa shape index (κ1) is 15.4. The standard InChI is InChI=1S/C15H15F2NO2S/c1-2-20-12-5-6-14(18)15(8-12)21(19)9-10-3-4-11(16)7-13(10)17/h3-8H,2,9,18H2,1H3. The molecule has 2 aromatic rings. The van der Waals surface area contributed by atoms with E-state index in [9.17, 15) is 13.0 Å². The van der Waals surface area contributed by atoms with Crippen molar-refractivity contribution in [2.24, 2.45) is 0 Å². The number of nitrogens with two attached hydrogens (primary N) is 1. The first-order valence-electron chi connectivity index (χ1n) is 6.36. The molecule has 0 heterocycles. The van der Waals surface area contributed by atoms with Crippen molar-refractivity contribution in [3.63, 3.8) is 0 Å². The van der Waals surface area contributed by atoms with Crippen LogP contribution in [-0.2, 0) is 16.6 Å². The average molecular weight is 311 g/mol. The predicted molar refractivity (Wildman–Crippen MR) is 78.5 cm³/mol. The monoisotopic (exact) mass is 311 g/mol. The molecule has 0 aliphatic heterocycles. The van der Waals surface area contributed by atoms with Crippen LogP contribution in [0, 0.1) is 11.6 Å². The smallest absolute Gasteiger partial charge is 0.130 e. The summed E-state index contributed by atoms with van der Waals surface area (Å²) in [7, 11) is -1.54. The molecule has 6 heteroatoms. The van der Waals surface area contributed by atoms with Gasteiger partial charge >= 0.3 is 0 Å². The lowest BCUT2D eigenvalue weighted by Crippen LogP contribution is -2.04. The summed E-state index contributed by atoms with van der Waals surface area (Å²) in [5.74, 6) is -0.913. The first-order chi connectivity index (χ1) is 10.0. The van der Waals surface area contributed by atoms with Crippen molar-refractivity contribution in [2.75, 3.05) is 12.3 Å². The van der Waals surface area contributed by atoms with Crippen molar-refractivity contribution < 1.29 is 17.7 Å². The van der Waals surface area contributed by atoms with Crippen LogP contribution in [0.2, 0.25) is 0 Å². The highest BCUT2D eigenvalue weighted by Gasteiger charge is 2.13. The molecule has 0 aliphatic carbocycles. The number of halogens is 2. The van der Waals surface area contributed by atoms with Gasteiger partial charge in [-0.2, -0.15) is 0 Å². The molecule has 21 heavy (non-hydrogen) atoms. The maximum atomic E-state index is 13.6. The lowest BCUT2D eigenvalue weighted by molar-refractivity contribution is 0.339. The van der Waals surface area contributed by atoms with Crippen LogP contribution >= 0.6 is 0 Å². The second-order valence-electron chi connectivity index (χ2n) is 4.36. The molecule has 0 aliphatic rings. The summed E-state index contributed by atoms with van der Waals surface area (Å²) in [5.41, 5.74) is 6.32. The van der Waals surface area contributed by atoms with E-state index < -0.39 is 22.4 Å². The topological polar surface area (TPSA) is 52.3 Å². The molecule has 112 valence electrons. The van der Waals surface area contributed by atoms with E-state index in [0.717, 1.165) is 12.1 Å². The van der Waals surface area contributed by atoms with Gasteiger partial charge in [-0.3, -0.25) is 4.21 Å². The van der Waals surface area contributed by atoms with Gasteiger partial charge in [-0.05, 0) is 31.2 Å². The lowest BCUT2D eigenvalue weighted by Gasteiger charge is -2.09. The third kappa shape index (κ3) is 3.78. The van der Waals surface area contributed by atoms with Gasteiger partial charge in [0, 0.05) is 17.3 Å². The van der Waals surface area contributed by atoms with E-state index in [1.54, 1.807) is 18.2 Å². The zero-order chi connectivity index (χ0) is 15.4. The van der Waals surface area contributed by atoms with Crippen LogP contribution in [0.4, 0.5) is 14.5 Å². The van der Waals surface area contributed by atoms with E-state index in [2.05, 4.69) is 0 Å². The van der Waals surface area contributed by atoms with Crippen LogP contribution in [0.3, 0.4) is 0 Å². The Kier molecular flexibility index (Phi) is 4.90. The zero-order valence-electron chi connectivity index (χ0n) is 11.4. The van der Waals surface area contributed by atoms with Crippen molar-refractivity contribution in [1.29, 1.82) is 0 Å². The molecule has 0 bridgehead atoms. The van der Waals surface area contributed by atoms with Gasteiger partial charge in [0.2, 0.25) is 0 Å². The number of hydrogen-bond acceptors (Lipinski definition) is 3. The molecule has 0 fully saturated rings. The molecule has 0 aromatic heterocycles. The molecule has 0 saturated carbocycles. The molecule has 2 rings (SSSR count). The first-order valence-corrected chi connectivity index (χ1v) is 7.67. The number of hydrogen-bond donors (Lipinski definition) is 1. The van der Waals surface area contributed by atoms with Crippen LogP contribution in [0.25, 0.3) is 0 Å². The van der Waals surface area contributed by atoms with Gasteiger partial charge in [0.05, 0.1) is 28.1 Å². The van der Waals surface area contributed by atoms with Crippen LogP contribution in [0.1, 0.15) is 12.5 Å². The van der Waals surface area contributed by atoms with Gasteiger partial charge in [-0.1, -0.05) is 6.07 Å². The fourth-order valence-electron chi connectivity index (χ4n) is 1.83.